The number of nitrogens with two attached hydrogens (primary N) is 1. The smallest absolute Gasteiger partial charge is 0.229 e. The van der Waals surface area contributed by atoms with Crippen molar-refractivity contribution >= 4 is 28.8 Å². The van der Waals surface area contributed by atoms with Gasteiger partial charge in [-0.25, -0.2) is 4.98 Å². The lowest BCUT2D eigenvalue weighted by Crippen LogP contribution is -2.15. The summed E-state index contributed by atoms with van der Waals surface area (Å²) in [5, 5.41) is 20.5. The van der Waals surface area contributed by atoms with E-state index >= 15 is 0 Å². The van der Waals surface area contributed by atoms with Crippen LogP contribution in [0.3, 0.4) is 0 Å². The van der Waals surface area contributed by atoms with Crippen molar-refractivity contribution in [2.45, 2.75) is 46.8 Å². The predicted molar refractivity (Wildman–Crippen MR) is 114 cm³/mol. The van der Waals surface area contributed by atoms with Crippen LogP contribution in [0.25, 0.3) is 0 Å². The number of hydrogen-bond acceptors (Lipinski definition) is 7. The summed E-state index contributed by atoms with van der Waals surface area (Å²) >= 11 is 0. The Labute approximate surface area is 165 Å². The highest BCUT2D eigenvalue weighted by Crippen LogP contribution is 2.25. The largest absolute Gasteiger partial charge is 0.394 e. The molecule has 2 heterocycles. The van der Waals surface area contributed by atoms with Gasteiger partial charge in [0.25, 0.3) is 0 Å². The average Bonchev–Trinajstić information content (AvgIpc) is 3.13. The summed E-state index contributed by atoms with van der Waals surface area (Å²) in [5.74, 6) is 0.923. The summed E-state index contributed by atoms with van der Waals surface area (Å²) in [5.41, 5.74) is 7.98. The number of aromatic nitrogens is 4. The molecule has 0 unspecified atom stereocenters. The van der Waals surface area contributed by atoms with Crippen molar-refractivity contribution in [1.29, 1.82) is 0 Å². The topological polar surface area (TPSA) is 114 Å². The number of benzene rings is 1. The maximum absolute atomic E-state index is 10.0. The molecule has 0 aliphatic rings. The van der Waals surface area contributed by atoms with Gasteiger partial charge >= 0.3 is 0 Å². The fourth-order valence-electron chi connectivity index (χ4n) is 2.38. The van der Waals surface area contributed by atoms with Gasteiger partial charge in [0.1, 0.15) is 0 Å². The monoisotopic (exact) mass is 383 g/mol. The second-order valence-electron chi connectivity index (χ2n) is 6.47. The quantitative estimate of drug-likeness (QED) is 0.508. The Morgan fingerprint density at radius 1 is 1.07 bits per heavy atom. The van der Waals surface area contributed by atoms with Gasteiger partial charge in [-0.3, -0.25) is 4.68 Å². The number of aryl methyl sites for hydroxylation is 1. The SMILES string of the molecule is CC.CCn1cc(Nc2ncc(N)c(Nc3ccc(C(C)(C)O)cc3)n2)cn1. The third-order valence-corrected chi connectivity index (χ3v) is 3.88. The van der Waals surface area contributed by atoms with E-state index in [-0.39, 0.29) is 0 Å². The van der Waals surface area contributed by atoms with Gasteiger partial charge in [0, 0.05) is 18.4 Å². The summed E-state index contributed by atoms with van der Waals surface area (Å²) in [6.45, 7) is 10.3. The summed E-state index contributed by atoms with van der Waals surface area (Å²) in [6.07, 6.45) is 5.14. The van der Waals surface area contributed by atoms with E-state index in [1.54, 1.807) is 26.2 Å². The van der Waals surface area contributed by atoms with E-state index in [4.69, 9.17) is 5.73 Å². The van der Waals surface area contributed by atoms with Gasteiger partial charge < -0.3 is 21.5 Å². The van der Waals surface area contributed by atoms with Crippen LogP contribution < -0.4 is 16.4 Å². The third-order valence-electron chi connectivity index (χ3n) is 3.88. The molecule has 0 fully saturated rings. The maximum atomic E-state index is 10.0. The van der Waals surface area contributed by atoms with Crippen LogP contribution in [-0.4, -0.2) is 24.9 Å². The first-order valence-corrected chi connectivity index (χ1v) is 9.37. The van der Waals surface area contributed by atoms with Crippen LogP contribution >= 0.6 is 0 Å². The highest BCUT2D eigenvalue weighted by Gasteiger charge is 2.15. The van der Waals surface area contributed by atoms with Crippen LogP contribution in [0.4, 0.5) is 28.8 Å². The zero-order valence-corrected chi connectivity index (χ0v) is 17.1. The lowest BCUT2D eigenvalue weighted by Gasteiger charge is -2.18. The predicted octanol–water partition coefficient (Wildman–Crippen LogP) is 4.02. The molecule has 0 radical (unpaired) electrons. The first-order chi connectivity index (χ1) is 13.3. The molecule has 0 saturated heterocycles. The molecule has 5 N–H and O–H groups in total. The van der Waals surface area contributed by atoms with Crippen LogP contribution in [0, 0.1) is 0 Å². The van der Waals surface area contributed by atoms with Crippen LogP contribution in [0.15, 0.2) is 42.9 Å². The van der Waals surface area contributed by atoms with Crippen LogP contribution in [0.1, 0.15) is 40.2 Å². The molecule has 0 bridgehead atoms. The van der Waals surface area contributed by atoms with Gasteiger partial charge in [-0.1, -0.05) is 26.0 Å². The van der Waals surface area contributed by atoms with Crippen molar-refractivity contribution in [3.05, 3.63) is 48.4 Å². The van der Waals surface area contributed by atoms with Gasteiger partial charge in [-0.2, -0.15) is 10.1 Å². The highest BCUT2D eigenvalue weighted by molar-refractivity contribution is 5.70. The number of nitrogens with zero attached hydrogens (tertiary/aromatic N) is 4. The first-order valence-electron chi connectivity index (χ1n) is 9.37. The Hall–Kier alpha value is -3.13. The minimum absolute atomic E-state index is 0.422. The highest BCUT2D eigenvalue weighted by atomic mass is 16.3. The normalized spacial score (nSPS) is 10.8. The standard InChI is InChI=1S/C18H23N7O.C2H6/c1-4-25-11-14(9-21-25)23-17-20-10-15(19)16(24-17)22-13-7-5-12(6-8-13)18(2,3)26;1-2/h5-11,26H,4,19H2,1-3H3,(H2,20,22,23,24);1-2H3. The molecular formula is C20H29N7O. The van der Waals surface area contributed by atoms with E-state index in [1.165, 1.54) is 0 Å². The summed E-state index contributed by atoms with van der Waals surface area (Å²) in [6, 6.07) is 7.45. The van der Waals surface area contributed by atoms with Gasteiger partial charge in [0.2, 0.25) is 5.95 Å². The Morgan fingerprint density at radius 2 is 1.75 bits per heavy atom. The lowest BCUT2D eigenvalue weighted by molar-refractivity contribution is 0.0786. The average molecular weight is 384 g/mol. The Bertz CT molecular complexity index is 882. The van der Waals surface area contributed by atoms with Crippen LogP contribution in [0.2, 0.25) is 0 Å². The molecule has 0 spiro atoms. The minimum Gasteiger partial charge on any atom is -0.394 e. The third kappa shape index (κ3) is 5.43. The number of nitrogens with one attached hydrogen (secondary N) is 2. The molecule has 8 nitrogen and oxygen atoms in total. The van der Waals surface area contributed by atoms with E-state index in [0.717, 1.165) is 23.5 Å². The second-order valence-corrected chi connectivity index (χ2v) is 6.47. The molecule has 28 heavy (non-hydrogen) atoms. The van der Waals surface area contributed by atoms with Crippen molar-refractivity contribution in [3.63, 3.8) is 0 Å². The van der Waals surface area contributed by atoms with Crippen molar-refractivity contribution in [2.75, 3.05) is 16.4 Å². The molecule has 0 aliphatic carbocycles. The second kappa shape index (κ2) is 9.18. The number of anilines is 5. The molecule has 0 saturated carbocycles. The Morgan fingerprint density at radius 3 is 2.32 bits per heavy atom. The summed E-state index contributed by atoms with van der Waals surface area (Å²) in [4.78, 5) is 8.62. The van der Waals surface area contributed by atoms with Gasteiger partial charge in [0.05, 0.1) is 29.4 Å². The zero-order chi connectivity index (χ0) is 20.7. The Balaban J connectivity index is 0.00000136. The molecule has 2 aromatic heterocycles. The lowest BCUT2D eigenvalue weighted by atomic mass is 9.98. The van der Waals surface area contributed by atoms with Gasteiger partial charge in [0.15, 0.2) is 5.82 Å². The minimum atomic E-state index is -0.882. The van der Waals surface area contributed by atoms with E-state index in [9.17, 15) is 5.11 Å². The Kier molecular flexibility index (Phi) is 6.94. The van der Waals surface area contributed by atoms with Crippen molar-refractivity contribution in [3.8, 4) is 0 Å². The molecule has 8 heteroatoms. The zero-order valence-electron chi connectivity index (χ0n) is 17.1. The fraction of sp³-hybridized carbons (Fsp3) is 0.350. The number of hydrogen-bond donors (Lipinski definition) is 4. The van der Waals surface area contributed by atoms with Gasteiger partial charge in [-0.05, 0) is 38.5 Å². The molecule has 0 amide bonds. The molecule has 150 valence electrons. The van der Waals surface area contributed by atoms with Crippen LogP contribution in [0.5, 0.6) is 0 Å². The van der Waals surface area contributed by atoms with E-state index < -0.39 is 5.60 Å². The molecule has 0 aliphatic heterocycles. The number of nitrogen functional groups attached to an aromatic ring is 1. The summed E-state index contributed by atoms with van der Waals surface area (Å²) < 4.78 is 1.81. The van der Waals surface area contributed by atoms with Crippen molar-refractivity contribution in [2.24, 2.45) is 0 Å². The molecule has 1 aromatic carbocycles. The van der Waals surface area contributed by atoms with Crippen molar-refractivity contribution in [1.82, 2.24) is 19.7 Å². The number of rotatable bonds is 6. The van der Waals surface area contributed by atoms with Gasteiger partial charge in [-0.15, -0.1) is 0 Å². The fourth-order valence-corrected chi connectivity index (χ4v) is 2.38. The number of aliphatic hydroxyl groups is 1. The molecule has 3 rings (SSSR count). The maximum Gasteiger partial charge on any atom is 0.229 e. The van der Waals surface area contributed by atoms with E-state index in [0.29, 0.717) is 17.5 Å². The molecule has 0 atom stereocenters. The molecular weight excluding hydrogens is 354 g/mol. The summed E-state index contributed by atoms with van der Waals surface area (Å²) in [7, 11) is 0. The molecule has 3 aromatic rings. The van der Waals surface area contributed by atoms with E-state index in [2.05, 4.69) is 25.7 Å². The van der Waals surface area contributed by atoms with Crippen LogP contribution in [-0.2, 0) is 12.1 Å². The van der Waals surface area contributed by atoms with Crippen molar-refractivity contribution < 1.29 is 5.11 Å². The first kappa shape index (κ1) is 21.2. The van der Waals surface area contributed by atoms with E-state index in [1.807, 2.05) is 55.9 Å².